The van der Waals surface area contributed by atoms with Crippen LogP contribution in [0.1, 0.15) is 66.4 Å². The molecule has 1 saturated heterocycles. The molecule has 218 valence electrons. The van der Waals surface area contributed by atoms with Crippen LogP contribution in [0.25, 0.3) is 11.1 Å². The molecule has 2 N–H and O–H groups in total. The van der Waals surface area contributed by atoms with Crippen LogP contribution < -0.4 is 5.32 Å². The summed E-state index contributed by atoms with van der Waals surface area (Å²) in [6.45, 7) is 4.92. The van der Waals surface area contributed by atoms with Crippen molar-refractivity contribution >= 4 is 33.5 Å². The van der Waals surface area contributed by atoms with Crippen LogP contribution in [0.3, 0.4) is 0 Å². The zero-order valence-corrected chi connectivity index (χ0v) is 25.2. The first kappa shape index (κ1) is 30.6. The average molecular weight is 587 g/mol. The quantitative estimate of drug-likeness (QED) is 0.354. The summed E-state index contributed by atoms with van der Waals surface area (Å²) in [6, 6.07) is 12.3. The number of nitrogens with zero attached hydrogens (tertiary/aromatic N) is 1. The number of sulfone groups is 1. The van der Waals surface area contributed by atoms with Gasteiger partial charge in [-0.3, -0.25) is 9.69 Å². The van der Waals surface area contributed by atoms with Gasteiger partial charge in [-0.15, -0.1) is 0 Å². The Hall–Kier alpha value is -2.36. The van der Waals surface area contributed by atoms with E-state index in [1.165, 1.54) is 44.3 Å². The summed E-state index contributed by atoms with van der Waals surface area (Å²) in [5, 5.41) is 12.8. The van der Waals surface area contributed by atoms with Gasteiger partial charge in [0.2, 0.25) is 0 Å². The summed E-state index contributed by atoms with van der Waals surface area (Å²) in [4.78, 5) is 27.6. The molecule has 0 aromatic heterocycles. The highest BCUT2D eigenvalue weighted by molar-refractivity contribution is 7.99. The number of carbonyl (C=O) groups excluding carboxylic acids is 1. The lowest BCUT2D eigenvalue weighted by Gasteiger charge is -2.23. The number of likely N-dealkylation sites (tertiary alicyclic amines) is 1. The molecule has 40 heavy (non-hydrogen) atoms. The minimum Gasteiger partial charge on any atom is -0.480 e. The van der Waals surface area contributed by atoms with E-state index < -0.39 is 27.8 Å². The molecule has 0 spiro atoms. The first-order valence-electron chi connectivity index (χ1n) is 14.3. The number of carboxylic acids is 1. The molecule has 2 atom stereocenters. The van der Waals surface area contributed by atoms with E-state index in [0.29, 0.717) is 10.8 Å². The van der Waals surface area contributed by atoms with Gasteiger partial charge in [-0.25, -0.2) is 13.2 Å². The number of nitrogens with one attached hydrogen (secondary N) is 1. The fourth-order valence-electron chi connectivity index (χ4n) is 5.77. The van der Waals surface area contributed by atoms with Crippen LogP contribution in [-0.2, 0) is 21.2 Å². The Balaban J connectivity index is 1.47. The zero-order valence-electron chi connectivity index (χ0n) is 23.6. The molecule has 2 unspecified atom stereocenters. The van der Waals surface area contributed by atoms with E-state index in [-0.39, 0.29) is 12.2 Å². The van der Waals surface area contributed by atoms with E-state index in [4.69, 9.17) is 0 Å². The van der Waals surface area contributed by atoms with Crippen molar-refractivity contribution in [3.63, 3.8) is 0 Å². The summed E-state index contributed by atoms with van der Waals surface area (Å²) in [6.07, 6.45) is 9.01. The van der Waals surface area contributed by atoms with Gasteiger partial charge in [0, 0.05) is 30.2 Å². The summed E-state index contributed by atoms with van der Waals surface area (Å²) < 4.78 is 23.2. The van der Waals surface area contributed by atoms with Crippen LogP contribution in [0.15, 0.2) is 42.5 Å². The van der Waals surface area contributed by atoms with Crippen LogP contribution in [-0.4, -0.2) is 72.4 Å². The summed E-state index contributed by atoms with van der Waals surface area (Å²) in [5.74, 6) is 0.0718. The van der Waals surface area contributed by atoms with Crippen LogP contribution >= 0.6 is 11.8 Å². The minimum absolute atomic E-state index is 0.188. The fraction of sp³-hybridized carbons (Fsp3) is 0.548. The number of thioether (sulfide) groups is 1. The van der Waals surface area contributed by atoms with Crippen molar-refractivity contribution in [2.75, 3.05) is 30.9 Å². The third-order valence-corrected chi connectivity index (χ3v) is 10.6. The zero-order chi connectivity index (χ0) is 28.7. The van der Waals surface area contributed by atoms with Crippen LogP contribution in [0.2, 0.25) is 0 Å². The van der Waals surface area contributed by atoms with Gasteiger partial charge in [-0.05, 0) is 85.2 Å². The maximum atomic E-state index is 13.4. The van der Waals surface area contributed by atoms with E-state index in [1.807, 2.05) is 43.3 Å². The summed E-state index contributed by atoms with van der Waals surface area (Å²) in [5.41, 5.74) is 4.18. The SMILES string of the molecule is Cc1ccccc1-c1cc(CN2CCC(SCC3CCCCC3)C2)ccc1C(=O)NC(CCS(C)(=O)=O)C(=O)O. The molecule has 7 nitrogen and oxygen atoms in total. The number of aryl methyl sites for hydroxylation is 1. The number of benzene rings is 2. The molecular formula is C31H42N2O5S2. The molecule has 2 aromatic carbocycles. The number of amides is 1. The van der Waals surface area contributed by atoms with Gasteiger partial charge < -0.3 is 10.4 Å². The molecular weight excluding hydrogens is 544 g/mol. The van der Waals surface area contributed by atoms with Crippen LogP contribution in [0.4, 0.5) is 0 Å². The lowest BCUT2D eigenvalue weighted by Crippen LogP contribution is -2.42. The Morgan fingerprint density at radius 2 is 1.82 bits per heavy atom. The molecule has 1 saturated carbocycles. The maximum Gasteiger partial charge on any atom is 0.326 e. The number of aliphatic carboxylic acids is 1. The Kier molecular flexibility index (Phi) is 10.7. The fourth-order valence-corrected chi connectivity index (χ4v) is 7.90. The van der Waals surface area contributed by atoms with E-state index >= 15 is 0 Å². The first-order chi connectivity index (χ1) is 19.1. The molecule has 2 aromatic rings. The molecule has 2 fully saturated rings. The van der Waals surface area contributed by atoms with Gasteiger partial charge in [0.1, 0.15) is 15.9 Å². The van der Waals surface area contributed by atoms with Crippen LogP contribution in [0, 0.1) is 12.8 Å². The van der Waals surface area contributed by atoms with Crippen molar-refractivity contribution in [2.45, 2.75) is 69.7 Å². The molecule has 9 heteroatoms. The van der Waals surface area contributed by atoms with Gasteiger partial charge in [0.25, 0.3) is 5.91 Å². The second-order valence-corrected chi connectivity index (χ2v) is 15.1. The summed E-state index contributed by atoms with van der Waals surface area (Å²) >= 11 is 2.15. The van der Waals surface area contributed by atoms with Crippen molar-refractivity contribution in [1.82, 2.24) is 10.2 Å². The van der Waals surface area contributed by atoms with Crippen molar-refractivity contribution in [1.29, 1.82) is 0 Å². The largest absolute Gasteiger partial charge is 0.480 e. The second kappa shape index (κ2) is 14.0. The number of hydrogen-bond donors (Lipinski definition) is 2. The smallest absolute Gasteiger partial charge is 0.326 e. The highest BCUT2D eigenvalue weighted by Crippen LogP contribution is 2.33. The molecule has 4 rings (SSSR count). The molecule has 1 aliphatic heterocycles. The third-order valence-electron chi connectivity index (χ3n) is 8.07. The Labute approximate surface area is 243 Å². The van der Waals surface area contributed by atoms with Gasteiger partial charge in [-0.2, -0.15) is 11.8 Å². The first-order valence-corrected chi connectivity index (χ1v) is 17.4. The molecule has 0 radical (unpaired) electrons. The summed E-state index contributed by atoms with van der Waals surface area (Å²) in [7, 11) is -3.36. The predicted octanol–water partition coefficient (Wildman–Crippen LogP) is 5.17. The Morgan fingerprint density at radius 1 is 1.07 bits per heavy atom. The highest BCUT2D eigenvalue weighted by Gasteiger charge is 2.27. The predicted molar refractivity (Wildman–Crippen MR) is 163 cm³/mol. The van der Waals surface area contributed by atoms with Gasteiger partial charge in [-0.1, -0.05) is 49.6 Å². The van der Waals surface area contributed by atoms with Crippen molar-refractivity contribution in [2.24, 2.45) is 5.92 Å². The van der Waals surface area contributed by atoms with E-state index in [0.717, 1.165) is 54.1 Å². The van der Waals surface area contributed by atoms with E-state index in [2.05, 4.69) is 22.0 Å². The number of rotatable bonds is 12. The minimum atomic E-state index is -3.36. The normalized spacial score (nSPS) is 19.4. The standard InChI is InChI=1S/C31H42N2O5S2/c1-22-8-6-7-11-26(22)28-18-24(19-33-16-14-25(20-33)39-21-23-9-4-3-5-10-23)12-13-27(28)30(34)32-29(31(35)36)15-17-40(2,37)38/h6-8,11-13,18,23,25,29H,3-5,9-10,14-17,19-21H2,1-2H3,(H,32,34)(H,35,36). The second-order valence-electron chi connectivity index (χ2n) is 11.5. The molecule has 1 amide bonds. The van der Waals surface area contributed by atoms with Gasteiger partial charge in [0.05, 0.1) is 5.75 Å². The van der Waals surface area contributed by atoms with E-state index in [9.17, 15) is 23.1 Å². The lowest BCUT2D eigenvalue weighted by molar-refractivity contribution is -0.139. The molecule has 2 aliphatic rings. The molecule has 0 bridgehead atoms. The monoisotopic (exact) mass is 586 g/mol. The van der Waals surface area contributed by atoms with Gasteiger partial charge in [0.15, 0.2) is 0 Å². The topological polar surface area (TPSA) is 104 Å². The molecule has 1 aliphatic carbocycles. The average Bonchev–Trinajstić information content (AvgIpc) is 3.37. The van der Waals surface area contributed by atoms with Crippen molar-refractivity contribution in [3.8, 4) is 11.1 Å². The Bertz CT molecular complexity index is 1290. The number of hydrogen-bond acceptors (Lipinski definition) is 6. The highest BCUT2D eigenvalue weighted by atomic mass is 32.2. The number of carbonyl (C=O) groups is 2. The van der Waals surface area contributed by atoms with Crippen molar-refractivity contribution in [3.05, 3.63) is 59.2 Å². The lowest BCUT2D eigenvalue weighted by atomic mass is 9.91. The maximum absolute atomic E-state index is 13.4. The molecule has 1 heterocycles. The number of carboxylic acid groups (broad SMARTS) is 1. The van der Waals surface area contributed by atoms with Crippen molar-refractivity contribution < 1.29 is 23.1 Å². The van der Waals surface area contributed by atoms with Crippen LogP contribution in [0.5, 0.6) is 0 Å². The van der Waals surface area contributed by atoms with Gasteiger partial charge >= 0.3 is 5.97 Å². The Morgan fingerprint density at radius 3 is 2.52 bits per heavy atom. The third kappa shape index (κ3) is 8.82. The van der Waals surface area contributed by atoms with E-state index in [1.54, 1.807) is 6.07 Å².